The van der Waals surface area contributed by atoms with Crippen LogP contribution in [0.5, 0.6) is 0 Å². The van der Waals surface area contributed by atoms with Crippen LogP contribution in [0.15, 0.2) is 12.4 Å². The van der Waals surface area contributed by atoms with Crippen LogP contribution in [-0.2, 0) is 17.8 Å². The molecule has 3 heteroatoms. The molecule has 1 atom stereocenters. The van der Waals surface area contributed by atoms with Crippen molar-refractivity contribution in [3.63, 3.8) is 0 Å². The zero-order chi connectivity index (χ0) is 13.4. The van der Waals surface area contributed by atoms with E-state index in [0.717, 1.165) is 44.5 Å². The zero-order valence-corrected chi connectivity index (χ0v) is 12.0. The molecule has 1 unspecified atom stereocenters. The van der Waals surface area contributed by atoms with Crippen molar-refractivity contribution < 1.29 is 4.79 Å². The highest BCUT2D eigenvalue weighted by Gasteiger charge is 2.18. The quantitative estimate of drug-likeness (QED) is 0.671. The predicted octanol–water partition coefficient (Wildman–Crippen LogP) is 3.62. The number of aromatic nitrogens is 2. The third-order valence-corrected chi connectivity index (χ3v) is 3.45. The van der Waals surface area contributed by atoms with Gasteiger partial charge >= 0.3 is 0 Å². The predicted molar refractivity (Wildman–Crippen MR) is 74.5 cm³/mol. The van der Waals surface area contributed by atoms with Gasteiger partial charge in [0.15, 0.2) is 0 Å². The average Bonchev–Trinajstić information content (AvgIpc) is 2.78. The average molecular weight is 250 g/mol. The van der Waals surface area contributed by atoms with Gasteiger partial charge in [-0.2, -0.15) is 0 Å². The molecule has 0 bridgehead atoms. The van der Waals surface area contributed by atoms with Crippen LogP contribution < -0.4 is 0 Å². The summed E-state index contributed by atoms with van der Waals surface area (Å²) in [6, 6.07) is 0. The Morgan fingerprint density at radius 1 is 1.33 bits per heavy atom. The summed E-state index contributed by atoms with van der Waals surface area (Å²) in [7, 11) is 0. The number of unbranched alkanes of at least 4 members (excludes halogenated alkanes) is 1. The number of aryl methyl sites for hydroxylation is 1. The second-order valence-corrected chi connectivity index (χ2v) is 4.93. The molecule has 0 aliphatic rings. The minimum absolute atomic E-state index is 0.219. The zero-order valence-electron chi connectivity index (χ0n) is 12.0. The Labute approximate surface area is 111 Å². The number of nitrogens with zero attached hydrogens (tertiary/aromatic N) is 2. The molecule has 1 heterocycles. The number of ketones is 1. The van der Waals surface area contributed by atoms with Gasteiger partial charge in [0.2, 0.25) is 0 Å². The molecule has 0 radical (unpaired) electrons. The maximum atomic E-state index is 12.3. The number of carbonyl (C=O) groups is 1. The lowest BCUT2D eigenvalue weighted by Gasteiger charge is -2.13. The van der Waals surface area contributed by atoms with Gasteiger partial charge in [0.25, 0.3) is 0 Å². The van der Waals surface area contributed by atoms with Crippen molar-refractivity contribution in [2.24, 2.45) is 5.92 Å². The van der Waals surface area contributed by atoms with Gasteiger partial charge in [-0.15, -0.1) is 0 Å². The highest BCUT2D eigenvalue weighted by molar-refractivity contribution is 5.82. The fourth-order valence-electron chi connectivity index (χ4n) is 2.30. The molecular formula is C15H26N2O. The minimum Gasteiger partial charge on any atom is -0.335 e. The number of hydrogen-bond acceptors (Lipinski definition) is 2. The number of rotatable bonds is 9. The molecule has 18 heavy (non-hydrogen) atoms. The van der Waals surface area contributed by atoms with Gasteiger partial charge in [-0.25, -0.2) is 4.98 Å². The van der Waals surface area contributed by atoms with E-state index in [9.17, 15) is 4.79 Å². The second-order valence-electron chi connectivity index (χ2n) is 4.93. The second kappa shape index (κ2) is 8.06. The molecule has 0 aromatic carbocycles. The van der Waals surface area contributed by atoms with Gasteiger partial charge in [-0.3, -0.25) is 4.79 Å². The lowest BCUT2D eigenvalue weighted by Crippen LogP contribution is -2.18. The highest BCUT2D eigenvalue weighted by Crippen LogP contribution is 2.16. The first kappa shape index (κ1) is 14.9. The Morgan fingerprint density at radius 3 is 2.72 bits per heavy atom. The summed E-state index contributed by atoms with van der Waals surface area (Å²) in [4.78, 5) is 16.6. The molecule has 1 aromatic heterocycles. The van der Waals surface area contributed by atoms with Crippen LogP contribution in [0.25, 0.3) is 0 Å². The molecule has 3 nitrogen and oxygen atoms in total. The number of Topliss-reactive ketones (excluding diaryl/α,β-unsaturated/α-hetero) is 1. The molecule has 0 saturated carbocycles. The number of hydrogen-bond donors (Lipinski definition) is 0. The maximum absolute atomic E-state index is 12.3. The van der Waals surface area contributed by atoms with Gasteiger partial charge in [0.1, 0.15) is 11.6 Å². The van der Waals surface area contributed by atoms with E-state index in [1.165, 1.54) is 0 Å². The number of imidazole rings is 1. The molecule has 1 rings (SSSR count). The molecule has 102 valence electrons. The number of carbonyl (C=O) groups excluding carboxylic acids is 1. The Hall–Kier alpha value is -1.12. The van der Waals surface area contributed by atoms with Gasteiger partial charge in [-0.05, 0) is 19.3 Å². The van der Waals surface area contributed by atoms with E-state index in [2.05, 4.69) is 30.3 Å². The fraction of sp³-hybridized carbons (Fsp3) is 0.733. The molecule has 0 N–H and O–H groups in total. The van der Waals surface area contributed by atoms with E-state index in [0.29, 0.717) is 12.2 Å². The van der Waals surface area contributed by atoms with E-state index in [-0.39, 0.29) is 5.92 Å². The molecule has 0 amide bonds. The molecular weight excluding hydrogens is 224 g/mol. The Kier molecular flexibility index (Phi) is 6.69. The van der Waals surface area contributed by atoms with Crippen LogP contribution in [0.3, 0.4) is 0 Å². The van der Waals surface area contributed by atoms with Crippen LogP contribution in [0.4, 0.5) is 0 Å². The van der Waals surface area contributed by atoms with E-state index in [4.69, 9.17) is 0 Å². The van der Waals surface area contributed by atoms with Crippen molar-refractivity contribution >= 4 is 5.78 Å². The Balaban J connectivity index is 2.58. The molecule has 0 saturated heterocycles. The lowest BCUT2D eigenvalue weighted by atomic mass is 9.93. The van der Waals surface area contributed by atoms with E-state index in [1.807, 2.05) is 6.20 Å². The lowest BCUT2D eigenvalue weighted by molar-refractivity contribution is -0.122. The highest BCUT2D eigenvalue weighted by atomic mass is 16.1. The minimum atomic E-state index is 0.219. The van der Waals surface area contributed by atoms with Crippen molar-refractivity contribution in [1.29, 1.82) is 0 Å². The molecule has 0 spiro atoms. The monoisotopic (exact) mass is 250 g/mol. The first-order valence-electron chi connectivity index (χ1n) is 7.25. The summed E-state index contributed by atoms with van der Waals surface area (Å²) in [5, 5.41) is 0. The first-order chi connectivity index (χ1) is 8.72. The first-order valence-corrected chi connectivity index (χ1v) is 7.25. The summed E-state index contributed by atoms with van der Waals surface area (Å²) in [5.41, 5.74) is 0. The van der Waals surface area contributed by atoms with Crippen LogP contribution in [-0.4, -0.2) is 15.3 Å². The fourth-order valence-corrected chi connectivity index (χ4v) is 2.30. The SMILES string of the molecule is CCCCC(CC)C(=O)Cc1nccn1CCC. The van der Waals surface area contributed by atoms with Crippen molar-refractivity contribution in [2.75, 3.05) is 0 Å². The van der Waals surface area contributed by atoms with Crippen LogP contribution in [0.1, 0.15) is 58.7 Å². The van der Waals surface area contributed by atoms with Crippen LogP contribution in [0.2, 0.25) is 0 Å². The largest absolute Gasteiger partial charge is 0.335 e. The molecule has 0 aliphatic carbocycles. The summed E-state index contributed by atoms with van der Waals surface area (Å²) in [6.45, 7) is 7.37. The van der Waals surface area contributed by atoms with Gasteiger partial charge in [0.05, 0.1) is 6.42 Å². The smallest absolute Gasteiger partial charge is 0.143 e. The van der Waals surface area contributed by atoms with E-state index < -0.39 is 0 Å². The normalized spacial score (nSPS) is 12.6. The van der Waals surface area contributed by atoms with Crippen LogP contribution in [0, 0.1) is 5.92 Å². The molecule has 0 fully saturated rings. The Morgan fingerprint density at radius 2 is 2.11 bits per heavy atom. The molecule has 1 aromatic rings. The standard InChI is InChI=1S/C15H26N2O/c1-4-7-8-13(6-3)14(18)12-15-16-9-11-17(15)10-5-2/h9,11,13H,4-8,10,12H2,1-3H3. The van der Waals surface area contributed by atoms with Gasteiger partial charge in [-0.1, -0.05) is 33.6 Å². The summed E-state index contributed by atoms with van der Waals surface area (Å²) >= 11 is 0. The summed E-state index contributed by atoms with van der Waals surface area (Å²) < 4.78 is 2.10. The van der Waals surface area contributed by atoms with E-state index in [1.54, 1.807) is 6.20 Å². The van der Waals surface area contributed by atoms with Crippen molar-refractivity contribution in [2.45, 2.75) is 65.8 Å². The van der Waals surface area contributed by atoms with E-state index >= 15 is 0 Å². The third-order valence-electron chi connectivity index (χ3n) is 3.45. The van der Waals surface area contributed by atoms with Gasteiger partial charge in [0, 0.05) is 24.9 Å². The van der Waals surface area contributed by atoms with Crippen molar-refractivity contribution in [3.8, 4) is 0 Å². The third kappa shape index (κ3) is 4.28. The van der Waals surface area contributed by atoms with Crippen LogP contribution >= 0.6 is 0 Å². The topological polar surface area (TPSA) is 34.9 Å². The summed E-state index contributed by atoms with van der Waals surface area (Å²) in [6.07, 6.45) is 9.62. The van der Waals surface area contributed by atoms with Gasteiger partial charge < -0.3 is 4.57 Å². The molecule has 0 aliphatic heterocycles. The summed E-state index contributed by atoms with van der Waals surface area (Å²) in [5.74, 6) is 1.50. The Bertz CT molecular complexity index is 357. The van der Waals surface area contributed by atoms with Crippen molar-refractivity contribution in [1.82, 2.24) is 9.55 Å². The van der Waals surface area contributed by atoms with Crippen molar-refractivity contribution in [3.05, 3.63) is 18.2 Å². The maximum Gasteiger partial charge on any atom is 0.143 e.